The quantitative estimate of drug-likeness (QED) is 0.945. The first-order chi connectivity index (χ1) is 10.3. The highest BCUT2D eigenvalue weighted by atomic mass is 19.1. The molecule has 116 valence electrons. The minimum atomic E-state index is -1.33. The van der Waals surface area contributed by atoms with E-state index in [1.54, 1.807) is 6.92 Å². The van der Waals surface area contributed by atoms with Gasteiger partial charge >= 0.3 is 5.97 Å². The maximum absolute atomic E-state index is 13.8. The molecule has 6 heteroatoms. The largest absolute Gasteiger partial charge is 0.477 e. The van der Waals surface area contributed by atoms with E-state index in [-0.39, 0.29) is 17.7 Å². The van der Waals surface area contributed by atoms with E-state index in [2.05, 4.69) is 0 Å². The summed E-state index contributed by atoms with van der Waals surface area (Å²) in [5, 5.41) is 9.10. The number of hydrogen-bond acceptors (Lipinski definition) is 2. The first-order valence-electron chi connectivity index (χ1n) is 6.75. The first-order valence-corrected chi connectivity index (χ1v) is 6.75. The fraction of sp³-hybridized carbons (Fsp3) is 0.250. The average molecular weight is 307 g/mol. The molecule has 2 aromatic rings. The highest BCUT2D eigenvalue weighted by molar-refractivity contribution is 5.87. The van der Waals surface area contributed by atoms with Gasteiger partial charge in [0.2, 0.25) is 0 Å². The molecule has 0 aliphatic heterocycles. The van der Waals surface area contributed by atoms with Crippen molar-refractivity contribution >= 4 is 5.97 Å². The Morgan fingerprint density at radius 1 is 1.27 bits per heavy atom. The van der Waals surface area contributed by atoms with Gasteiger partial charge in [-0.15, -0.1) is 0 Å². The monoisotopic (exact) mass is 307 g/mol. The Labute approximate surface area is 125 Å². The number of benzene rings is 1. The van der Waals surface area contributed by atoms with Gasteiger partial charge in [-0.1, -0.05) is 13.0 Å². The number of nitrogens with zero attached hydrogens (tertiary/aromatic N) is 1. The van der Waals surface area contributed by atoms with Crippen molar-refractivity contribution in [3.05, 3.63) is 68.6 Å². The van der Waals surface area contributed by atoms with Gasteiger partial charge in [-0.05, 0) is 31.0 Å². The smallest absolute Gasteiger partial charge is 0.341 e. The predicted octanol–water partition coefficient (Wildman–Crippen LogP) is 2.74. The van der Waals surface area contributed by atoms with Crippen molar-refractivity contribution in [3.8, 4) is 0 Å². The minimum Gasteiger partial charge on any atom is -0.477 e. The van der Waals surface area contributed by atoms with E-state index in [9.17, 15) is 18.4 Å². The van der Waals surface area contributed by atoms with Gasteiger partial charge in [-0.3, -0.25) is 4.79 Å². The molecule has 0 radical (unpaired) electrons. The lowest BCUT2D eigenvalue weighted by atomic mass is 10.1. The van der Waals surface area contributed by atoms with Crippen LogP contribution in [0, 0.1) is 18.6 Å². The molecule has 0 bridgehead atoms. The molecule has 0 saturated carbocycles. The predicted molar refractivity (Wildman–Crippen MR) is 77.2 cm³/mol. The van der Waals surface area contributed by atoms with Crippen molar-refractivity contribution in [1.29, 1.82) is 0 Å². The molecule has 0 aliphatic carbocycles. The van der Waals surface area contributed by atoms with E-state index >= 15 is 0 Å². The molecule has 0 unspecified atom stereocenters. The highest BCUT2D eigenvalue weighted by Crippen LogP contribution is 2.14. The van der Waals surface area contributed by atoms with E-state index < -0.39 is 23.2 Å². The number of aromatic carboxylic acids is 1. The summed E-state index contributed by atoms with van der Waals surface area (Å²) in [7, 11) is 0. The molecule has 0 aliphatic rings. The summed E-state index contributed by atoms with van der Waals surface area (Å²) in [4.78, 5) is 23.5. The van der Waals surface area contributed by atoms with Gasteiger partial charge in [0.25, 0.3) is 5.56 Å². The third kappa shape index (κ3) is 2.90. The van der Waals surface area contributed by atoms with Gasteiger partial charge < -0.3 is 9.67 Å². The molecule has 2 rings (SSSR count). The van der Waals surface area contributed by atoms with Gasteiger partial charge in [0.15, 0.2) is 0 Å². The Bertz CT molecular complexity index is 797. The van der Waals surface area contributed by atoms with Crippen LogP contribution in [0.5, 0.6) is 0 Å². The summed E-state index contributed by atoms with van der Waals surface area (Å²) in [6.45, 7) is 3.37. The van der Waals surface area contributed by atoms with Crippen LogP contribution in [0.2, 0.25) is 0 Å². The van der Waals surface area contributed by atoms with Crippen LogP contribution in [0.15, 0.2) is 29.1 Å². The molecule has 0 amide bonds. The summed E-state index contributed by atoms with van der Waals surface area (Å²) in [6.07, 6.45) is 0.490. The second-order valence-corrected chi connectivity index (χ2v) is 4.97. The number of hydrogen-bond donors (Lipinski definition) is 1. The maximum atomic E-state index is 13.8. The van der Waals surface area contributed by atoms with Gasteiger partial charge in [0.05, 0.1) is 6.54 Å². The van der Waals surface area contributed by atoms with Gasteiger partial charge in [-0.25, -0.2) is 13.6 Å². The number of rotatable bonds is 4. The molecule has 1 N–H and O–H groups in total. The van der Waals surface area contributed by atoms with Crippen molar-refractivity contribution in [1.82, 2.24) is 4.57 Å². The molecular formula is C16H15F2NO3. The zero-order chi connectivity index (χ0) is 16.4. The zero-order valence-electron chi connectivity index (χ0n) is 12.2. The number of halogens is 2. The number of carbonyl (C=O) groups is 1. The molecule has 0 fully saturated rings. The molecule has 0 saturated heterocycles. The lowest BCUT2D eigenvalue weighted by Crippen LogP contribution is -2.30. The molecule has 0 spiro atoms. The Hall–Kier alpha value is -2.50. The topological polar surface area (TPSA) is 59.3 Å². The lowest BCUT2D eigenvalue weighted by Gasteiger charge is -2.16. The van der Waals surface area contributed by atoms with Crippen molar-refractivity contribution in [2.75, 3.05) is 0 Å². The molecule has 22 heavy (non-hydrogen) atoms. The van der Waals surface area contributed by atoms with E-state index in [4.69, 9.17) is 5.11 Å². The Morgan fingerprint density at radius 2 is 1.95 bits per heavy atom. The summed E-state index contributed by atoms with van der Waals surface area (Å²) >= 11 is 0. The third-order valence-electron chi connectivity index (χ3n) is 3.53. The SMILES string of the molecule is CCc1c(C)cc(C(=O)O)c(=O)n1Cc1ccc(F)cc1F. The molecule has 1 heterocycles. The van der Waals surface area contributed by atoms with E-state index in [1.807, 2.05) is 6.92 Å². The minimum absolute atomic E-state index is 0.125. The standard InChI is InChI=1S/C16H15F2NO3/c1-3-14-9(2)6-12(16(21)22)15(20)19(14)8-10-4-5-11(17)7-13(10)18/h4-7H,3,8H2,1-2H3,(H,21,22). The van der Waals surface area contributed by atoms with Crippen LogP contribution < -0.4 is 5.56 Å². The van der Waals surface area contributed by atoms with Crippen molar-refractivity contribution in [2.24, 2.45) is 0 Å². The maximum Gasteiger partial charge on any atom is 0.341 e. The van der Waals surface area contributed by atoms with Crippen LogP contribution in [0.25, 0.3) is 0 Å². The molecule has 0 atom stereocenters. The van der Waals surface area contributed by atoms with Gasteiger partial charge in [0.1, 0.15) is 17.2 Å². The van der Waals surface area contributed by atoms with Crippen molar-refractivity contribution in [2.45, 2.75) is 26.8 Å². The van der Waals surface area contributed by atoms with E-state index in [0.29, 0.717) is 17.7 Å². The van der Waals surface area contributed by atoms with Crippen LogP contribution in [-0.2, 0) is 13.0 Å². The molecule has 1 aromatic carbocycles. The Balaban J connectivity index is 2.63. The molecule has 4 nitrogen and oxygen atoms in total. The summed E-state index contributed by atoms with van der Waals surface area (Å²) in [5.41, 5.74) is 0.330. The number of aromatic nitrogens is 1. The average Bonchev–Trinajstić information content (AvgIpc) is 2.45. The van der Waals surface area contributed by atoms with Crippen LogP contribution >= 0.6 is 0 Å². The second kappa shape index (κ2) is 6.09. The number of carboxylic acid groups (broad SMARTS) is 1. The summed E-state index contributed by atoms with van der Waals surface area (Å²) in [6, 6.07) is 4.41. The lowest BCUT2D eigenvalue weighted by molar-refractivity contribution is 0.0694. The second-order valence-electron chi connectivity index (χ2n) is 4.97. The fourth-order valence-electron chi connectivity index (χ4n) is 2.45. The van der Waals surface area contributed by atoms with Crippen LogP contribution in [0.1, 0.15) is 34.1 Å². The highest BCUT2D eigenvalue weighted by Gasteiger charge is 2.17. The zero-order valence-corrected chi connectivity index (χ0v) is 12.2. The number of carboxylic acids is 1. The molecule has 1 aromatic heterocycles. The van der Waals surface area contributed by atoms with Crippen LogP contribution in [0.4, 0.5) is 8.78 Å². The van der Waals surface area contributed by atoms with Gasteiger partial charge in [-0.2, -0.15) is 0 Å². The normalized spacial score (nSPS) is 10.7. The fourth-order valence-corrected chi connectivity index (χ4v) is 2.45. The van der Waals surface area contributed by atoms with E-state index in [0.717, 1.165) is 12.1 Å². The summed E-state index contributed by atoms with van der Waals surface area (Å²) in [5.74, 6) is -2.81. The summed E-state index contributed by atoms with van der Waals surface area (Å²) < 4.78 is 28.0. The first kappa shape index (κ1) is 15.9. The van der Waals surface area contributed by atoms with Gasteiger partial charge in [0, 0.05) is 17.3 Å². The van der Waals surface area contributed by atoms with Crippen LogP contribution in [0.3, 0.4) is 0 Å². The van der Waals surface area contributed by atoms with Crippen molar-refractivity contribution in [3.63, 3.8) is 0 Å². The van der Waals surface area contributed by atoms with Crippen LogP contribution in [-0.4, -0.2) is 15.6 Å². The Kier molecular flexibility index (Phi) is 4.40. The third-order valence-corrected chi connectivity index (χ3v) is 3.53. The Morgan fingerprint density at radius 3 is 2.50 bits per heavy atom. The van der Waals surface area contributed by atoms with E-state index in [1.165, 1.54) is 16.7 Å². The number of aryl methyl sites for hydroxylation is 1. The van der Waals surface area contributed by atoms with Crippen molar-refractivity contribution < 1.29 is 18.7 Å². The number of pyridine rings is 1. The molecular weight excluding hydrogens is 292 g/mol.